The Bertz CT molecular complexity index is 928. The summed E-state index contributed by atoms with van der Waals surface area (Å²) < 4.78 is 32.2. The smallest absolute Gasteiger partial charge is 0.240 e. The van der Waals surface area contributed by atoms with Crippen molar-refractivity contribution in [1.82, 2.24) is 15.4 Å². The van der Waals surface area contributed by atoms with Crippen molar-refractivity contribution in [3.05, 3.63) is 65.2 Å². The maximum Gasteiger partial charge on any atom is 0.240 e. The van der Waals surface area contributed by atoms with E-state index in [2.05, 4.69) is 58.5 Å². The van der Waals surface area contributed by atoms with E-state index in [-0.39, 0.29) is 17.5 Å². The number of aliphatic imine (C=N–C) groups is 1. The van der Waals surface area contributed by atoms with Crippen LogP contribution in [-0.4, -0.2) is 41.7 Å². The lowest BCUT2D eigenvalue weighted by atomic mass is 10.1. The quantitative estimate of drug-likeness (QED) is 0.305. The lowest BCUT2D eigenvalue weighted by Crippen LogP contribution is -2.38. The van der Waals surface area contributed by atoms with Gasteiger partial charge < -0.3 is 15.4 Å². The Labute approximate surface area is 180 Å². The van der Waals surface area contributed by atoms with Crippen LogP contribution in [0.25, 0.3) is 0 Å². The molecule has 0 bridgehead atoms. The van der Waals surface area contributed by atoms with Crippen LogP contribution in [0.5, 0.6) is 0 Å². The number of sulfonamides is 1. The third-order valence-corrected chi connectivity index (χ3v) is 6.19. The average molecular weight is 433 g/mol. The minimum absolute atomic E-state index is 0.0822. The summed E-state index contributed by atoms with van der Waals surface area (Å²) in [5, 5.41) is 6.61. The Kier molecular flexibility index (Phi) is 9.29. The molecule has 0 saturated carbocycles. The Hall–Kier alpha value is -2.42. The van der Waals surface area contributed by atoms with Crippen LogP contribution in [0.2, 0.25) is 0 Å². The Morgan fingerprint density at radius 2 is 1.87 bits per heavy atom. The lowest BCUT2D eigenvalue weighted by molar-refractivity contribution is 0.204. The van der Waals surface area contributed by atoms with Crippen LogP contribution in [0.1, 0.15) is 36.6 Å². The van der Waals surface area contributed by atoms with Crippen LogP contribution in [-0.2, 0) is 27.7 Å². The monoisotopic (exact) mass is 432 g/mol. The summed E-state index contributed by atoms with van der Waals surface area (Å²) in [6.45, 7) is 5.21. The van der Waals surface area contributed by atoms with Gasteiger partial charge in [0.1, 0.15) is 0 Å². The molecule has 0 fully saturated rings. The molecule has 8 heteroatoms. The Morgan fingerprint density at radius 1 is 1.13 bits per heavy atom. The summed E-state index contributed by atoms with van der Waals surface area (Å²) in [5.41, 5.74) is 3.32. The number of rotatable bonds is 10. The molecule has 30 heavy (non-hydrogen) atoms. The number of hydrogen-bond acceptors (Lipinski definition) is 4. The highest BCUT2D eigenvalue weighted by atomic mass is 32.2. The summed E-state index contributed by atoms with van der Waals surface area (Å²) in [7, 11) is -0.322. The van der Waals surface area contributed by atoms with Gasteiger partial charge in [0.25, 0.3) is 0 Å². The molecule has 0 aromatic heterocycles. The van der Waals surface area contributed by atoms with Gasteiger partial charge in [0.15, 0.2) is 5.96 Å². The molecule has 2 aromatic carbocycles. The number of aryl methyl sites for hydroxylation is 1. The predicted molar refractivity (Wildman–Crippen MR) is 121 cm³/mol. The molecule has 1 atom stereocenters. The second-order valence-electron chi connectivity index (χ2n) is 6.92. The molecule has 1 unspecified atom stereocenters. The van der Waals surface area contributed by atoms with Crippen molar-refractivity contribution >= 4 is 16.0 Å². The zero-order valence-electron chi connectivity index (χ0n) is 18.1. The van der Waals surface area contributed by atoms with E-state index in [0.29, 0.717) is 19.1 Å². The average Bonchev–Trinajstić information content (AvgIpc) is 2.76. The SMILES string of the molecule is CCc1ccc(C(C)NC(=NC)NCc2cccc(S(=O)(=O)NCCOC)c2)cc1. The van der Waals surface area contributed by atoms with Crippen LogP contribution >= 0.6 is 0 Å². The summed E-state index contributed by atoms with van der Waals surface area (Å²) >= 11 is 0. The first kappa shape index (κ1) is 23.9. The van der Waals surface area contributed by atoms with Crippen LogP contribution in [0.15, 0.2) is 58.4 Å². The number of ether oxygens (including phenoxy) is 1. The van der Waals surface area contributed by atoms with E-state index >= 15 is 0 Å². The van der Waals surface area contributed by atoms with Crippen LogP contribution in [0, 0.1) is 0 Å². The fourth-order valence-electron chi connectivity index (χ4n) is 2.89. The van der Waals surface area contributed by atoms with E-state index in [0.717, 1.165) is 12.0 Å². The third-order valence-electron chi connectivity index (χ3n) is 4.73. The van der Waals surface area contributed by atoms with E-state index in [1.54, 1.807) is 25.2 Å². The molecule has 0 saturated heterocycles. The van der Waals surface area contributed by atoms with Gasteiger partial charge in [-0.2, -0.15) is 0 Å². The lowest BCUT2D eigenvalue weighted by Gasteiger charge is -2.19. The van der Waals surface area contributed by atoms with Gasteiger partial charge in [0.2, 0.25) is 10.0 Å². The summed E-state index contributed by atoms with van der Waals surface area (Å²) in [6, 6.07) is 15.4. The minimum Gasteiger partial charge on any atom is -0.383 e. The normalized spacial score (nSPS) is 13.1. The highest BCUT2D eigenvalue weighted by Crippen LogP contribution is 2.14. The summed E-state index contributed by atoms with van der Waals surface area (Å²) in [5.74, 6) is 0.647. The number of guanidine groups is 1. The molecule has 164 valence electrons. The number of methoxy groups -OCH3 is 1. The van der Waals surface area contributed by atoms with Gasteiger partial charge in [0.05, 0.1) is 17.5 Å². The molecule has 3 N–H and O–H groups in total. The minimum atomic E-state index is -3.56. The Morgan fingerprint density at radius 3 is 2.50 bits per heavy atom. The van der Waals surface area contributed by atoms with Crippen molar-refractivity contribution in [2.75, 3.05) is 27.3 Å². The number of hydrogen-bond donors (Lipinski definition) is 3. The first-order valence-electron chi connectivity index (χ1n) is 10.0. The van der Waals surface area contributed by atoms with Gasteiger partial charge in [-0.1, -0.05) is 43.3 Å². The van der Waals surface area contributed by atoms with Gasteiger partial charge in [0, 0.05) is 27.2 Å². The van der Waals surface area contributed by atoms with Crippen molar-refractivity contribution in [2.45, 2.75) is 37.8 Å². The first-order valence-corrected chi connectivity index (χ1v) is 11.5. The standard InChI is InChI=1S/C22H32N4O3S/c1-5-18-9-11-20(12-10-18)17(2)26-22(23-3)24-16-19-7-6-8-21(15-19)30(27,28)25-13-14-29-4/h6-12,15,17,25H,5,13-14,16H2,1-4H3,(H2,23,24,26). The molecule has 7 nitrogen and oxygen atoms in total. The molecule has 0 amide bonds. The maximum atomic E-state index is 12.4. The molecule has 0 aliphatic heterocycles. The largest absolute Gasteiger partial charge is 0.383 e. The zero-order chi connectivity index (χ0) is 22.0. The molecule has 0 heterocycles. The molecule has 0 radical (unpaired) electrons. The number of nitrogens with zero attached hydrogens (tertiary/aromatic N) is 1. The molecular formula is C22H32N4O3S. The molecule has 0 spiro atoms. The van der Waals surface area contributed by atoms with Crippen LogP contribution in [0.3, 0.4) is 0 Å². The van der Waals surface area contributed by atoms with E-state index in [4.69, 9.17) is 4.74 Å². The van der Waals surface area contributed by atoms with Gasteiger partial charge in [-0.05, 0) is 42.2 Å². The highest BCUT2D eigenvalue weighted by Gasteiger charge is 2.14. The molecular weight excluding hydrogens is 400 g/mol. The van der Waals surface area contributed by atoms with Crippen molar-refractivity contribution in [3.8, 4) is 0 Å². The molecule has 2 aromatic rings. The molecule has 0 aliphatic carbocycles. The topological polar surface area (TPSA) is 91.8 Å². The van der Waals surface area contributed by atoms with Gasteiger partial charge >= 0.3 is 0 Å². The van der Waals surface area contributed by atoms with E-state index in [9.17, 15) is 8.42 Å². The highest BCUT2D eigenvalue weighted by molar-refractivity contribution is 7.89. The zero-order valence-corrected chi connectivity index (χ0v) is 18.9. The van der Waals surface area contributed by atoms with Crippen molar-refractivity contribution in [2.24, 2.45) is 4.99 Å². The Balaban J connectivity index is 1.97. The van der Waals surface area contributed by atoms with Crippen molar-refractivity contribution in [3.63, 3.8) is 0 Å². The van der Waals surface area contributed by atoms with Crippen molar-refractivity contribution in [1.29, 1.82) is 0 Å². The van der Waals surface area contributed by atoms with Gasteiger partial charge in [-0.25, -0.2) is 13.1 Å². The number of benzene rings is 2. The van der Waals surface area contributed by atoms with Crippen molar-refractivity contribution < 1.29 is 13.2 Å². The van der Waals surface area contributed by atoms with E-state index in [1.807, 2.05) is 6.07 Å². The maximum absolute atomic E-state index is 12.4. The number of nitrogens with one attached hydrogen (secondary N) is 3. The van der Waals surface area contributed by atoms with Crippen LogP contribution in [0.4, 0.5) is 0 Å². The molecule has 2 rings (SSSR count). The first-order chi connectivity index (χ1) is 14.4. The van der Waals surface area contributed by atoms with Gasteiger partial charge in [-0.3, -0.25) is 4.99 Å². The fourth-order valence-corrected chi connectivity index (χ4v) is 3.98. The predicted octanol–water partition coefficient (Wildman–Crippen LogP) is 2.60. The van der Waals surface area contributed by atoms with E-state index < -0.39 is 10.0 Å². The van der Waals surface area contributed by atoms with E-state index in [1.165, 1.54) is 18.2 Å². The third kappa shape index (κ3) is 7.12. The second kappa shape index (κ2) is 11.7. The van der Waals surface area contributed by atoms with Gasteiger partial charge in [-0.15, -0.1) is 0 Å². The summed E-state index contributed by atoms with van der Waals surface area (Å²) in [6.07, 6.45) is 1.02. The summed E-state index contributed by atoms with van der Waals surface area (Å²) in [4.78, 5) is 4.50. The second-order valence-corrected chi connectivity index (χ2v) is 8.69. The molecule has 0 aliphatic rings. The fraction of sp³-hybridized carbons (Fsp3) is 0.409. The van der Waals surface area contributed by atoms with Crippen LogP contribution < -0.4 is 15.4 Å².